The summed E-state index contributed by atoms with van der Waals surface area (Å²) in [6.45, 7) is 2.60. The van der Waals surface area contributed by atoms with Crippen LogP contribution in [0.1, 0.15) is 130 Å². The van der Waals surface area contributed by atoms with Crippen LogP contribution in [0.3, 0.4) is 0 Å². The van der Waals surface area contributed by atoms with Crippen LogP contribution in [0.2, 0.25) is 0 Å². The van der Waals surface area contributed by atoms with Gasteiger partial charge in [-0.2, -0.15) is 0 Å². The van der Waals surface area contributed by atoms with Gasteiger partial charge in [0.2, 0.25) is 0 Å². The summed E-state index contributed by atoms with van der Waals surface area (Å²) < 4.78 is 5.55. The van der Waals surface area contributed by atoms with E-state index < -0.39 is 11.9 Å². The minimum atomic E-state index is -1.18. The maximum atomic E-state index is 11.3. The molecule has 0 atom stereocenters. The smallest absolute Gasteiger partial charge is 0.339 e. The Kier molecular flexibility index (Phi) is 15.3. The second-order valence-corrected chi connectivity index (χ2v) is 8.44. The summed E-state index contributed by atoms with van der Waals surface area (Å²) in [5.74, 6) is -2.39. The first-order valence-corrected chi connectivity index (χ1v) is 12.3. The van der Waals surface area contributed by atoms with E-state index in [-0.39, 0.29) is 16.9 Å². The van der Waals surface area contributed by atoms with E-state index in [4.69, 9.17) is 4.74 Å². The van der Waals surface area contributed by atoms with Crippen LogP contribution in [0.4, 0.5) is 0 Å². The van der Waals surface area contributed by atoms with Crippen LogP contribution in [-0.4, -0.2) is 28.8 Å². The second-order valence-electron chi connectivity index (χ2n) is 8.44. The molecule has 0 aromatic heterocycles. The fraction of sp³-hybridized carbons (Fsp3) is 0.692. The normalized spacial score (nSPS) is 10.9. The lowest BCUT2D eigenvalue weighted by atomic mass is 10.0. The lowest BCUT2D eigenvalue weighted by Gasteiger charge is -2.12. The molecule has 0 bridgehead atoms. The third-order valence-corrected chi connectivity index (χ3v) is 5.72. The number of ether oxygens (including phenoxy) is 1. The average molecular weight is 435 g/mol. The van der Waals surface area contributed by atoms with Crippen LogP contribution >= 0.6 is 0 Å². The van der Waals surface area contributed by atoms with Gasteiger partial charge in [-0.25, -0.2) is 9.59 Å². The molecule has 1 rings (SSSR count). The summed E-state index contributed by atoms with van der Waals surface area (Å²) in [4.78, 5) is 22.6. The van der Waals surface area contributed by atoms with E-state index in [0.29, 0.717) is 6.61 Å². The molecule has 0 aliphatic carbocycles. The lowest BCUT2D eigenvalue weighted by Crippen LogP contribution is -2.10. The van der Waals surface area contributed by atoms with Crippen molar-refractivity contribution < 1.29 is 24.5 Å². The number of carbonyl (C=O) groups is 2. The summed E-state index contributed by atoms with van der Waals surface area (Å²) in [5, 5.41) is 18.5. The summed E-state index contributed by atoms with van der Waals surface area (Å²) in [7, 11) is 0. The molecule has 0 spiro atoms. The fourth-order valence-electron chi connectivity index (χ4n) is 3.85. The first-order valence-electron chi connectivity index (χ1n) is 12.3. The van der Waals surface area contributed by atoms with Crippen molar-refractivity contribution in [2.45, 2.75) is 110 Å². The van der Waals surface area contributed by atoms with Crippen molar-refractivity contribution in [2.75, 3.05) is 6.61 Å². The summed E-state index contributed by atoms with van der Waals surface area (Å²) >= 11 is 0. The van der Waals surface area contributed by atoms with Crippen molar-refractivity contribution in [1.82, 2.24) is 0 Å². The zero-order chi connectivity index (χ0) is 22.7. The number of hydrogen-bond acceptors (Lipinski definition) is 3. The molecular formula is C26H42O5. The Bertz CT molecular complexity index is 594. The molecule has 0 aliphatic heterocycles. The Morgan fingerprint density at radius 2 is 1.00 bits per heavy atom. The van der Waals surface area contributed by atoms with E-state index >= 15 is 0 Å². The van der Waals surface area contributed by atoms with Gasteiger partial charge in [0.1, 0.15) is 16.9 Å². The Labute approximate surface area is 188 Å². The molecule has 0 amide bonds. The first-order chi connectivity index (χ1) is 15.1. The van der Waals surface area contributed by atoms with E-state index in [0.717, 1.165) is 19.3 Å². The van der Waals surface area contributed by atoms with Crippen molar-refractivity contribution >= 4 is 11.9 Å². The van der Waals surface area contributed by atoms with Gasteiger partial charge in [0.15, 0.2) is 0 Å². The fourth-order valence-corrected chi connectivity index (χ4v) is 3.85. The van der Waals surface area contributed by atoms with Crippen LogP contribution in [0.15, 0.2) is 18.2 Å². The molecule has 176 valence electrons. The molecule has 0 aliphatic rings. The molecule has 5 heteroatoms. The highest BCUT2D eigenvalue weighted by atomic mass is 16.5. The Balaban J connectivity index is 2.01. The van der Waals surface area contributed by atoms with Gasteiger partial charge in [0, 0.05) is 0 Å². The predicted molar refractivity (Wildman–Crippen MR) is 125 cm³/mol. The zero-order valence-electron chi connectivity index (χ0n) is 19.4. The Morgan fingerprint density at radius 3 is 1.35 bits per heavy atom. The van der Waals surface area contributed by atoms with Gasteiger partial charge in [-0.3, -0.25) is 0 Å². The molecule has 0 fully saturated rings. The van der Waals surface area contributed by atoms with Crippen molar-refractivity contribution in [3.8, 4) is 5.75 Å². The molecule has 0 heterocycles. The molecule has 1 aromatic carbocycles. The highest BCUT2D eigenvalue weighted by Gasteiger charge is 2.19. The number of rotatable bonds is 20. The minimum absolute atomic E-state index is 0.0385. The quantitative estimate of drug-likeness (QED) is 0.205. The topological polar surface area (TPSA) is 83.8 Å². The van der Waals surface area contributed by atoms with Gasteiger partial charge in [0.25, 0.3) is 0 Å². The highest BCUT2D eigenvalue weighted by molar-refractivity contribution is 5.98. The monoisotopic (exact) mass is 434 g/mol. The molecular weight excluding hydrogens is 392 g/mol. The molecule has 31 heavy (non-hydrogen) atoms. The van der Waals surface area contributed by atoms with Crippen molar-refractivity contribution in [1.29, 1.82) is 0 Å². The molecule has 1 aromatic rings. The summed E-state index contributed by atoms with van der Waals surface area (Å²) in [6, 6.07) is 4.17. The Morgan fingerprint density at radius 1 is 0.645 bits per heavy atom. The van der Waals surface area contributed by atoms with Gasteiger partial charge >= 0.3 is 11.9 Å². The maximum absolute atomic E-state index is 11.3. The van der Waals surface area contributed by atoms with Gasteiger partial charge in [0.05, 0.1) is 6.61 Å². The number of benzene rings is 1. The van der Waals surface area contributed by atoms with Crippen LogP contribution in [-0.2, 0) is 0 Å². The maximum Gasteiger partial charge on any atom is 0.339 e. The SMILES string of the molecule is CCCCCCCCCCCCCCCCCCOc1c(C(=O)O)cccc1C(=O)O. The third-order valence-electron chi connectivity index (χ3n) is 5.72. The van der Waals surface area contributed by atoms with Gasteiger partial charge in [-0.1, -0.05) is 109 Å². The molecule has 2 N–H and O–H groups in total. The van der Waals surface area contributed by atoms with Crippen molar-refractivity contribution in [3.05, 3.63) is 29.3 Å². The van der Waals surface area contributed by atoms with E-state index in [1.54, 1.807) is 0 Å². The highest BCUT2D eigenvalue weighted by Crippen LogP contribution is 2.25. The van der Waals surface area contributed by atoms with E-state index in [1.165, 1.54) is 102 Å². The van der Waals surface area contributed by atoms with Crippen LogP contribution < -0.4 is 4.74 Å². The molecule has 0 saturated carbocycles. The van der Waals surface area contributed by atoms with Crippen LogP contribution in [0.5, 0.6) is 5.75 Å². The molecule has 5 nitrogen and oxygen atoms in total. The largest absolute Gasteiger partial charge is 0.492 e. The number of carboxylic acids is 2. The number of unbranched alkanes of at least 4 members (excludes halogenated alkanes) is 15. The van der Waals surface area contributed by atoms with E-state index in [9.17, 15) is 19.8 Å². The van der Waals surface area contributed by atoms with Crippen LogP contribution in [0, 0.1) is 0 Å². The predicted octanol–water partition coefficient (Wildman–Crippen LogP) is 7.72. The Hall–Kier alpha value is -2.04. The second kappa shape index (κ2) is 17.6. The van der Waals surface area contributed by atoms with E-state index in [1.807, 2.05) is 0 Å². The molecule has 0 saturated heterocycles. The van der Waals surface area contributed by atoms with Crippen molar-refractivity contribution in [2.24, 2.45) is 0 Å². The molecule has 0 unspecified atom stereocenters. The zero-order valence-corrected chi connectivity index (χ0v) is 19.4. The standard InChI is InChI=1S/C26H42O5/c1-2-3-4-5-6-7-8-9-10-11-12-13-14-15-16-17-21-31-24-22(25(27)28)19-18-20-23(24)26(29)30/h18-20H,2-17,21H2,1H3,(H,27,28)(H,29,30). The number of para-hydroxylation sites is 1. The van der Waals surface area contributed by atoms with Crippen LogP contribution in [0.25, 0.3) is 0 Å². The summed E-state index contributed by atoms with van der Waals surface area (Å²) in [5.41, 5.74) is -0.201. The van der Waals surface area contributed by atoms with E-state index in [2.05, 4.69) is 6.92 Å². The lowest BCUT2D eigenvalue weighted by molar-refractivity contribution is 0.0688. The van der Waals surface area contributed by atoms with Gasteiger partial charge < -0.3 is 14.9 Å². The summed E-state index contributed by atoms with van der Waals surface area (Å²) in [6.07, 6.45) is 20.5. The minimum Gasteiger partial charge on any atom is -0.492 e. The number of carboxylic acid groups (broad SMARTS) is 2. The number of hydrogen-bond donors (Lipinski definition) is 2. The van der Waals surface area contributed by atoms with Crippen molar-refractivity contribution in [3.63, 3.8) is 0 Å². The third kappa shape index (κ3) is 12.4. The first kappa shape index (κ1) is 27.0. The average Bonchev–Trinajstić information content (AvgIpc) is 2.75. The molecule has 0 radical (unpaired) electrons. The van der Waals surface area contributed by atoms with Gasteiger partial charge in [-0.05, 0) is 18.6 Å². The number of aromatic carboxylic acids is 2. The van der Waals surface area contributed by atoms with Gasteiger partial charge in [-0.15, -0.1) is 0 Å².